The number of hydrogen-bond donors (Lipinski definition) is 1. The van der Waals surface area contributed by atoms with Gasteiger partial charge in [0.25, 0.3) is 0 Å². The lowest BCUT2D eigenvalue weighted by Gasteiger charge is -2.41. The Morgan fingerprint density at radius 1 is 0.957 bits per heavy atom. The Balaban J connectivity index is 1.97. The molecule has 2 atom stereocenters. The van der Waals surface area contributed by atoms with E-state index in [0.29, 0.717) is 22.5 Å². The Labute approximate surface area is 152 Å². The molecule has 1 fully saturated rings. The van der Waals surface area contributed by atoms with Gasteiger partial charge in [-0.2, -0.15) is 0 Å². The molecular formula is C18H19Cl3N2. The molecule has 0 amide bonds. The molecule has 23 heavy (non-hydrogen) atoms. The van der Waals surface area contributed by atoms with E-state index in [9.17, 15) is 0 Å². The molecule has 0 saturated carbocycles. The first kappa shape index (κ1) is 16.9. The third kappa shape index (κ3) is 3.77. The molecule has 2 nitrogen and oxygen atoms in total. The zero-order valence-corrected chi connectivity index (χ0v) is 15.0. The molecule has 1 heterocycles. The van der Waals surface area contributed by atoms with Gasteiger partial charge in [0, 0.05) is 27.3 Å². The van der Waals surface area contributed by atoms with Gasteiger partial charge in [-0.05, 0) is 67.3 Å². The van der Waals surface area contributed by atoms with Crippen LogP contribution in [0.4, 0.5) is 5.69 Å². The smallest absolute Gasteiger partial charge is 0.0557 e. The highest BCUT2D eigenvalue weighted by atomic mass is 35.5. The van der Waals surface area contributed by atoms with Crippen molar-refractivity contribution in [2.24, 2.45) is 11.7 Å². The molecule has 0 aromatic heterocycles. The maximum absolute atomic E-state index is 6.45. The van der Waals surface area contributed by atoms with E-state index in [1.165, 1.54) is 0 Å². The minimum Gasteiger partial charge on any atom is -0.364 e. The molecule has 1 aliphatic rings. The van der Waals surface area contributed by atoms with Crippen LogP contribution >= 0.6 is 34.8 Å². The maximum atomic E-state index is 6.45. The number of nitrogens with two attached hydrogens (primary N) is 1. The van der Waals surface area contributed by atoms with Gasteiger partial charge in [0.15, 0.2) is 0 Å². The van der Waals surface area contributed by atoms with Crippen molar-refractivity contribution in [2.45, 2.75) is 18.9 Å². The van der Waals surface area contributed by atoms with E-state index in [2.05, 4.69) is 17.0 Å². The molecule has 0 bridgehead atoms. The van der Waals surface area contributed by atoms with Crippen LogP contribution in [0.3, 0.4) is 0 Å². The van der Waals surface area contributed by atoms with Crippen molar-refractivity contribution in [2.75, 3.05) is 18.0 Å². The zero-order chi connectivity index (χ0) is 16.4. The van der Waals surface area contributed by atoms with E-state index >= 15 is 0 Å². The third-order valence-corrected chi connectivity index (χ3v) is 5.31. The van der Waals surface area contributed by atoms with Crippen LogP contribution < -0.4 is 10.6 Å². The summed E-state index contributed by atoms with van der Waals surface area (Å²) >= 11 is 18.5. The summed E-state index contributed by atoms with van der Waals surface area (Å²) in [7, 11) is 0. The molecule has 5 heteroatoms. The van der Waals surface area contributed by atoms with Gasteiger partial charge in [0.05, 0.1) is 6.04 Å². The second-order valence-electron chi connectivity index (χ2n) is 5.99. The van der Waals surface area contributed by atoms with Crippen molar-refractivity contribution in [3.63, 3.8) is 0 Å². The predicted octanol–water partition coefficient (Wildman–Crippen LogP) is 5.56. The van der Waals surface area contributed by atoms with E-state index in [0.717, 1.165) is 35.7 Å². The summed E-state index contributed by atoms with van der Waals surface area (Å²) in [6, 6.07) is 13.9. The van der Waals surface area contributed by atoms with Crippen LogP contribution in [-0.2, 0) is 0 Å². The monoisotopic (exact) mass is 368 g/mol. The minimum atomic E-state index is 0.226. The van der Waals surface area contributed by atoms with Crippen LogP contribution in [0.15, 0.2) is 42.5 Å². The first-order valence-corrected chi connectivity index (χ1v) is 8.89. The number of rotatable bonds is 3. The highest BCUT2D eigenvalue weighted by Crippen LogP contribution is 2.40. The van der Waals surface area contributed by atoms with Gasteiger partial charge in [0.1, 0.15) is 0 Å². The zero-order valence-electron chi connectivity index (χ0n) is 12.7. The predicted molar refractivity (Wildman–Crippen MR) is 99.8 cm³/mol. The van der Waals surface area contributed by atoms with Crippen molar-refractivity contribution in [1.82, 2.24) is 0 Å². The molecule has 2 aromatic rings. The summed E-state index contributed by atoms with van der Waals surface area (Å²) in [5.41, 5.74) is 8.16. The molecule has 0 radical (unpaired) electrons. The van der Waals surface area contributed by atoms with Crippen molar-refractivity contribution in [3.05, 3.63) is 63.1 Å². The Morgan fingerprint density at radius 2 is 1.65 bits per heavy atom. The number of hydrogen-bond acceptors (Lipinski definition) is 2. The van der Waals surface area contributed by atoms with E-state index in [1.807, 2.05) is 30.3 Å². The lowest BCUT2D eigenvalue weighted by Crippen LogP contribution is -2.40. The van der Waals surface area contributed by atoms with Gasteiger partial charge >= 0.3 is 0 Å². The first-order chi connectivity index (χ1) is 11.1. The fraction of sp³-hybridized carbons (Fsp3) is 0.333. The molecule has 2 aromatic carbocycles. The van der Waals surface area contributed by atoms with Gasteiger partial charge in [-0.1, -0.05) is 40.9 Å². The van der Waals surface area contributed by atoms with Crippen molar-refractivity contribution in [3.8, 4) is 0 Å². The van der Waals surface area contributed by atoms with Gasteiger partial charge in [-0.25, -0.2) is 0 Å². The van der Waals surface area contributed by atoms with Crippen molar-refractivity contribution >= 4 is 40.5 Å². The Kier molecular flexibility index (Phi) is 5.38. The van der Waals surface area contributed by atoms with Crippen LogP contribution in [-0.4, -0.2) is 13.1 Å². The van der Waals surface area contributed by atoms with Crippen LogP contribution in [0.5, 0.6) is 0 Å². The standard InChI is InChI=1S/C18H19Cl3N2/c19-13-2-5-15(6-3-13)23-11-12(10-22)1-8-18(23)16-7-4-14(20)9-17(16)21/h2-7,9,12,18H,1,8,10-11,22H2. The molecule has 1 saturated heterocycles. The summed E-state index contributed by atoms with van der Waals surface area (Å²) in [5.74, 6) is 0.494. The van der Waals surface area contributed by atoms with Crippen LogP contribution in [0.2, 0.25) is 15.1 Å². The van der Waals surface area contributed by atoms with Crippen molar-refractivity contribution < 1.29 is 0 Å². The first-order valence-electron chi connectivity index (χ1n) is 7.75. The lowest BCUT2D eigenvalue weighted by atomic mass is 9.88. The average Bonchev–Trinajstić information content (AvgIpc) is 2.55. The van der Waals surface area contributed by atoms with E-state index < -0.39 is 0 Å². The number of halogens is 3. The van der Waals surface area contributed by atoms with Gasteiger partial charge in [-0.15, -0.1) is 0 Å². The summed E-state index contributed by atoms with van der Waals surface area (Å²) in [6.07, 6.45) is 2.12. The van der Waals surface area contributed by atoms with E-state index in [-0.39, 0.29) is 6.04 Å². The van der Waals surface area contributed by atoms with Crippen LogP contribution in [0, 0.1) is 5.92 Å². The highest BCUT2D eigenvalue weighted by Gasteiger charge is 2.30. The fourth-order valence-corrected chi connectivity index (χ4v) is 3.91. The molecule has 1 aliphatic heterocycles. The molecule has 0 aliphatic carbocycles. The topological polar surface area (TPSA) is 29.3 Å². The Morgan fingerprint density at radius 3 is 2.30 bits per heavy atom. The van der Waals surface area contributed by atoms with Gasteiger partial charge in [0.2, 0.25) is 0 Å². The summed E-state index contributed by atoms with van der Waals surface area (Å²) in [4.78, 5) is 2.38. The molecule has 2 N–H and O–H groups in total. The normalized spacial score (nSPS) is 21.5. The second kappa shape index (κ2) is 7.31. The summed E-state index contributed by atoms with van der Waals surface area (Å²) in [6.45, 7) is 1.62. The highest BCUT2D eigenvalue weighted by molar-refractivity contribution is 6.35. The minimum absolute atomic E-state index is 0.226. The SMILES string of the molecule is NCC1CCC(c2ccc(Cl)cc2Cl)N(c2ccc(Cl)cc2)C1. The van der Waals surface area contributed by atoms with Crippen LogP contribution in [0.25, 0.3) is 0 Å². The van der Waals surface area contributed by atoms with Gasteiger partial charge in [-0.3, -0.25) is 0 Å². The molecular weight excluding hydrogens is 351 g/mol. The summed E-state index contributed by atoms with van der Waals surface area (Å²) < 4.78 is 0. The van der Waals surface area contributed by atoms with Crippen molar-refractivity contribution in [1.29, 1.82) is 0 Å². The number of benzene rings is 2. The van der Waals surface area contributed by atoms with Gasteiger partial charge < -0.3 is 10.6 Å². The fourth-order valence-electron chi connectivity index (χ4n) is 3.25. The number of piperidine rings is 1. The molecule has 122 valence electrons. The molecule has 2 unspecified atom stereocenters. The molecule has 3 rings (SSSR count). The van der Waals surface area contributed by atoms with Crippen LogP contribution in [0.1, 0.15) is 24.4 Å². The number of nitrogens with zero attached hydrogens (tertiary/aromatic N) is 1. The largest absolute Gasteiger partial charge is 0.364 e. The maximum Gasteiger partial charge on any atom is 0.0557 e. The number of anilines is 1. The lowest BCUT2D eigenvalue weighted by molar-refractivity contribution is 0.366. The van der Waals surface area contributed by atoms with E-state index in [1.54, 1.807) is 0 Å². The summed E-state index contributed by atoms with van der Waals surface area (Å²) in [5, 5.41) is 2.11. The Bertz CT molecular complexity index is 672. The Hall–Kier alpha value is -0.930. The second-order valence-corrected chi connectivity index (χ2v) is 7.27. The quantitative estimate of drug-likeness (QED) is 0.767. The molecule has 0 spiro atoms. The third-order valence-electron chi connectivity index (χ3n) is 4.49. The average molecular weight is 370 g/mol. The van der Waals surface area contributed by atoms with E-state index in [4.69, 9.17) is 40.5 Å².